The monoisotopic (exact) mass is 1140 g/mol. The minimum atomic E-state index is -1.92. The maximum absolute atomic E-state index is 14.2. The molecule has 2 amide bonds. The van der Waals surface area contributed by atoms with Crippen LogP contribution in [-0.4, -0.2) is 172 Å². The average molecular weight is 1140 g/mol. The Balaban J connectivity index is 1.13. The number of nitrogens with zero attached hydrogens (tertiary/aromatic N) is 10. The van der Waals surface area contributed by atoms with E-state index in [9.17, 15) is 46.2 Å². The van der Waals surface area contributed by atoms with Crippen molar-refractivity contribution in [3.63, 3.8) is 0 Å². The Bertz CT molecular complexity index is 2810. The molecule has 8 rings (SSSR count). The lowest BCUT2D eigenvalue weighted by atomic mass is 9.81. The number of alkyl carbamates (subject to hydrolysis) is 1. The number of amides is 2. The van der Waals surface area contributed by atoms with Crippen LogP contribution in [0.25, 0.3) is 31.3 Å². The molecule has 1 aliphatic carbocycles. The molecule has 28 nitrogen and oxygen atoms in total. The Hall–Kier alpha value is -7.17. The van der Waals surface area contributed by atoms with Crippen LogP contribution >= 0.6 is 0 Å². The van der Waals surface area contributed by atoms with E-state index < -0.39 is 142 Å². The Morgan fingerprint density at radius 2 is 1.21 bits per heavy atom. The third kappa shape index (κ3) is 15.3. The molecule has 4 aromatic carbocycles. The fourth-order valence-corrected chi connectivity index (χ4v) is 10.3. The molecule has 438 valence electrons. The van der Waals surface area contributed by atoms with Crippen molar-refractivity contribution in [2.75, 3.05) is 13.2 Å². The molecule has 3 saturated heterocycles. The topological polar surface area (TPSA) is 406 Å². The highest BCUT2D eigenvalue weighted by Crippen LogP contribution is 2.38. The Morgan fingerprint density at radius 1 is 0.646 bits per heavy atom. The van der Waals surface area contributed by atoms with Gasteiger partial charge in [-0.05, 0) is 58.6 Å². The first kappa shape index (κ1) is 60.9. The SMILES string of the molecule is C[C@H]([C@@H]1CC[C@@H](N=[N+]=[N-])[C@@H](O[C@@H]2[C@@H](NC(=O)OCc3ccccc3)[C@H](OCc3ccccc3)[C@@H](N)[C@H](O)[C@H]2O[C@@H]2O[C@H](CO)[C@@H](O[C@H]3O[C@@H](CN=[N+]=[N-])[C@@H](O)[C@H](O)[C@H]3N=[N+]=[N-])[C@H]2O)O1)N(Cc1ccccc1)C(=O)OCc1ccccc1. The molecule has 4 fully saturated rings. The average Bonchev–Trinajstić information content (AvgIpc) is 3.99. The van der Waals surface area contributed by atoms with Gasteiger partial charge in [-0.3, -0.25) is 4.90 Å². The quantitative estimate of drug-likeness (QED) is 0.0302. The molecule has 0 radical (unpaired) electrons. The van der Waals surface area contributed by atoms with E-state index in [1.165, 1.54) is 4.90 Å². The number of benzene rings is 4. The Kier molecular flexibility index (Phi) is 22.1. The maximum Gasteiger partial charge on any atom is 0.410 e. The zero-order valence-electron chi connectivity index (χ0n) is 44.4. The molecule has 19 atom stereocenters. The summed E-state index contributed by atoms with van der Waals surface area (Å²) in [5, 5.41) is 70.7. The van der Waals surface area contributed by atoms with Crippen LogP contribution in [0.4, 0.5) is 9.59 Å². The summed E-state index contributed by atoms with van der Waals surface area (Å²) >= 11 is 0. The third-order valence-corrected chi connectivity index (χ3v) is 14.7. The molecule has 1 saturated carbocycles. The molecule has 0 bridgehead atoms. The van der Waals surface area contributed by atoms with Gasteiger partial charge < -0.3 is 79.2 Å². The van der Waals surface area contributed by atoms with Gasteiger partial charge in [-0.25, -0.2) is 9.59 Å². The van der Waals surface area contributed by atoms with E-state index in [0.29, 0.717) is 11.1 Å². The summed E-state index contributed by atoms with van der Waals surface area (Å²) in [7, 11) is 0. The van der Waals surface area contributed by atoms with Gasteiger partial charge in [-0.15, -0.1) is 0 Å². The standard InChI is InChI=1S/C54H66N12O16/c1-30(66(25-31-14-6-2-7-15-31)54(73)76-29-34-20-12-5-13-21-34)36-23-22-35(61-64-57)50(77-36)81-48-41(60-53(72)75-28-33-18-10-4-11-19-33)47(74-27-32-16-8-3-9-17-32)39(55)43(69)49(48)82-52-45(71)46(38(26-67)79-52)80-51-40(62-65-58)44(70)42(68)37(78-51)24-59-63-56/h2-21,30,35-52,67-71H,22-29,55H2,1H3,(H,60,72)/t30-,35-,36+,37+,38-,39+,40-,41+,42-,43+,44-,45-,46-,47-,48-,49-,50-,51-,52+/m1/s1. The predicted molar refractivity (Wildman–Crippen MR) is 285 cm³/mol. The number of nitrogens with one attached hydrogen (secondary N) is 1. The van der Waals surface area contributed by atoms with E-state index >= 15 is 0 Å². The fraction of sp³-hybridized carbons (Fsp3) is 0.519. The van der Waals surface area contributed by atoms with Crippen LogP contribution in [0.15, 0.2) is 137 Å². The summed E-state index contributed by atoms with van der Waals surface area (Å²) in [5.41, 5.74) is 38.1. The highest BCUT2D eigenvalue weighted by molar-refractivity contribution is 5.68. The van der Waals surface area contributed by atoms with Crippen LogP contribution < -0.4 is 11.1 Å². The van der Waals surface area contributed by atoms with Crippen molar-refractivity contribution in [3.8, 4) is 0 Å². The summed E-state index contributed by atoms with van der Waals surface area (Å²) in [6, 6.07) is 29.7. The van der Waals surface area contributed by atoms with Gasteiger partial charge in [0.1, 0.15) is 62.0 Å². The van der Waals surface area contributed by atoms with E-state index in [4.69, 9.17) is 53.9 Å². The molecule has 0 unspecified atom stereocenters. The highest BCUT2D eigenvalue weighted by Gasteiger charge is 2.57. The van der Waals surface area contributed by atoms with Gasteiger partial charge in [-0.1, -0.05) is 137 Å². The molecule has 4 aromatic rings. The van der Waals surface area contributed by atoms with Crippen molar-refractivity contribution in [3.05, 3.63) is 175 Å². The van der Waals surface area contributed by atoms with Gasteiger partial charge in [0, 0.05) is 21.3 Å². The number of aliphatic hydroxyl groups excluding tert-OH is 5. The van der Waals surface area contributed by atoms with E-state index in [1.54, 1.807) is 67.6 Å². The van der Waals surface area contributed by atoms with Gasteiger partial charge in [0.05, 0.1) is 68.3 Å². The highest BCUT2D eigenvalue weighted by atomic mass is 16.8. The number of carbonyl (C=O) groups is 2. The summed E-state index contributed by atoms with van der Waals surface area (Å²) in [6.07, 6.45) is -23.8. The van der Waals surface area contributed by atoms with Gasteiger partial charge in [0.15, 0.2) is 18.9 Å². The number of azide groups is 3. The van der Waals surface area contributed by atoms with Crippen LogP contribution in [0.1, 0.15) is 42.0 Å². The second kappa shape index (κ2) is 29.7. The number of ether oxygens (including phenoxy) is 9. The molecular weight excluding hydrogens is 1070 g/mol. The normalized spacial score (nSPS) is 31.9. The number of carbonyl (C=O) groups excluding carboxylic acids is 2. The van der Waals surface area contributed by atoms with Crippen molar-refractivity contribution < 1.29 is 77.8 Å². The van der Waals surface area contributed by atoms with Crippen molar-refractivity contribution in [2.45, 2.75) is 162 Å². The lowest BCUT2D eigenvalue weighted by molar-refractivity contribution is -0.302. The van der Waals surface area contributed by atoms with Crippen LogP contribution in [-0.2, 0) is 69.0 Å². The first-order valence-corrected chi connectivity index (χ1v) is 26.6. The minimum Gasteiger partial charge on any atom is -0.445 e. The Labute approximate surface area is 470 Å². The lowest BCUT2D eigenvalue weighted by Crippen LogP contribution is -2.73. The van der Waals surface area contributed by atoms with Crippen LogP contribution in [0.3, 0.4) is 0 Å². The fourth-order valence-electron chi connectivity index (χ4n) is 10.3. The van der Waals surface area contributed by atoms with E-state index in [0.717, 1.165) is 11.1 Å². The van der Waals surface area contributed by atoms with E-state index in [2.05, 4.69) is 35.4 Å². The molecular formula is C54H66N12O16. The van der Waals surface area contributed by atoms with Crippen molar-refractivity contribution in [1.29, 1.82) is 0 Å². The maximum atomic E-state index is 14.2. The summed E-state index contributed by atoms with van der Waals surface area (Å²) < 4.78 is 56.1. The molecule has 3 heterocycles. The molecule has 4 aliphatic rings. The number of nitrogens with two attached hydrogens (primary N) is 1. The largest absolute Gasteiger partial charge is 0.445 e. The molecule has 28 heteroatoms. The molecule has 82 heavy (non-hydrogen) atoms. The zero-order valence-corrected chi connectivity index (χ0v) is 44.4. The smallest absolute Gasteiger partial charge is 0.410 e. The number of aliphatic hydroxyl groups is 5. The minimum absolute atomic E-state index is 0.0281. The van der Waals surface area contributed by atoms with Crippen molar-refractivity contribution in [2.24, 2.45) is 21.1 Å². The van der Waals surface area contributed by atoms with Crippen LogP contribution in [0, 0.1) is 0 Å². The molecule has 0 aromatic heterocycles. The zero-order chi connectivity index (χ0) is 58.1. The summed E-state index contributed by atoms with van der Waals surface area (Å²) in [6.45, 7) is 0.202. The third-order valence-electron chi connectivity index (χ3n) is 14.7. The van der Waals surface area contributed by atoms with Crippen molar-refractivity contribution in [1.82, 2.24) is 10.2 Å². The van der Waals surface area contributed by atoms with E-state index in [1.807, 2.05) is 60.7 Å². The van der Waals surface area contributed by atoms with Crippen LogP contribution in [0.5, 0.6) is 0 Å². The van der Waals surface area contributed by atoms with Gasteiger partial charge >= 0.3 is 12.2 Å². The second-order valence-corrected chi connectivity index (χ2v) is 20.0. The molecule has 0 spiro atoms. The first-order valence-electron chi connectivity index (χ1n) is 26.6. The molecule has 8 N–H and O–H groups in total. The van der Waals surface area contributed by atoms with Gasteiger partial charge in [0.25, 0.3) is 0 Å². The lowest BCUT2D eigenvalue weighted by Gasteiger charge is -2.50. The van der Waals surface area contributed by atoms with Crippen LogP contribution in [0.2, 0.25) is 0 Å². The number of rotatable bonds is 23. The second-order valence-electron chi connectivity index (χ2n) is 20.0. The summed E-state index contributed by atoms with van der Waals surface area (Å²) in [5.74, 6) is 0. The number of hydrogen-bond donors (Lipinski definition) is 7. The predicted octanol–water partition coefficient (Wildman–Crippen LogP) is 4.65. The van der Waals surface area contributed by atoms with Gasteiger partial charge in [0.2, 0.25) is 0 Å². The summed E-state index contributed by atoms with van der Waals surface area (Å²) in [4.78, 5) is 38.3. The first-order chi connectivity index (χ1) is 39.8. The molecule has 3 aliphatic heterocycles. The van der Waals surface area contributed by atoms with Crippen molar-refractivity contribution >= 4 is 12.2 Å². The van der Waals surface area contributed by atoms with Gasteiger partial charge in [-0.2, -0.15) is 0 Å². The van der Waals surface area contributed by atoms with E-state index in [-0.39, 0.29) is 39.2 Å². The Morgan fingerprint density at radius 3 is 1.80 bits per heavy atom. The number of hydrogen-bond acceptors (Lipinski definition) is 20.